The van der Waals surface area contributed by atoms with Gasteiger partial charge in [0, 0.05) is 23.5 Å². The molecule has 1 aromatic heterocycles. The molecule has 0 atom stereocenters. The minimum absolute atomic E-state index is 0.535. The molecule has 0 unspecified atom stereocenters. The number of hydrogen-bond donors (Lipinski definition) is 2. The predicted molar refractivity (Wildman–Crippen MR) is 59.1 cm³/mol. The number of nitrogens with one attached hydrogen (secondary N) is 1. The number of aromatic nitrogens is 1. The van der Waals surface area contributed by atoms with Gasteiger partial charge in [-0.05, 0) is 29.3 Å². The Morgan fingerprint density at radius 3 is 2.43 bits per heavy atom. The zero-order chi connectivity index (χ0) is 9.97. The number of rotatable bonds is 2. The van der Waals surface area contributed by atoms with Crippen molar-refractivity contribution in [3.05, 3.63) is 47.2 Å². The lowest BCUT2D eigenvalue weighted by atomic mass is 10.1. The molecule has 2 nitrogen and oxygen atoms in total. The Hall–Kier alpha value is -1.25. The molecule has 2 aromatic rings. The second-order valence-electron chi connectivity index (χ2n) is 3.12. The molecule has 0 saturated carbocycles. The summed E-state index contributed by atoms with van der Waals surface area (Å²) in [7, 11) is 0. The first-order chi connectivity index (χ1) is 6.79. The standard InChI is InChI=1S/C11H11ClN2/c12-10-3-1-8(2-4-10)9-5-11(6-13)14-7-9/h1-5,7,14H,6,13H2. The largest absolute Gasteiger partial charge is 0.363 e. The average Bonchev–Trinajstić information content (AvgIpc) is 2.67. The molecule has 1 aromatic carbocycles. The second-order valence-corrected chi connectivity index (χ2v) is 3.56. The van der Waals surface area contributed by atoms with Gasteiger partial charge < -0.3 is 10.7 Å². The molecule has 0 aliphatic rings. The lowest BCUT2D eigenvalue weighted by Gasteiger charge is -1.96. The fraction of sp³-hybridized carbons (Fsp3) is 0.0909. The Balaban J connectivity index is 2.34. The van der Waals surface area contributed by atoms with E-state index in [1.54, 1.807) is 0 Å². The Kier molecular flexibility index (Phi) is 2.57. The van der Waals surface area contributed by atoms with Gasteiger partial charge in [-0.2, -0.15) is 0 Å². The first kappa shape index (κ1) is 9.31. The van der Waals surface area contributed by atoms with Crippen LogP contribution in [-0.2, 0) is 6.54 Å². The molecule has 0 saturated heterocycles. The molecule has 14 heavy (non-hydrogen) atoms. The molecule has 0 bridgehead atoms. The highest BCUT2D eigenvalue weighted by molar-refractivity contribution is 6.30. The van der Waals surface area contributed by atoms with Crippen LogP contribution in [0.3, 0.4) is 0 Å². The highest BCUT2D eigenvalue weighted by Gasteiger charge is 2.00. The molecule has 0 radical (unpaired) electrons. The van der Waals surface area contributed by atoms with E-state index in [1.807, 2.05) is 36.5 Å². The van der Waals surface area contributed by atoms with E-state index in [1.165, 1.54) is 0 Å². The van der Waals surface area contributed by atoms with E-state index in [0.717, 1.165) is 21.8 Å². The topological polar surface area (TPSA) is 41.8 Å². The van der Waals surface area contributed by atoms with E-state index in [-0.39, 0.29) is 0 Å². The van der Waals surface area contributed by atoms with Crippen LogP contribution < -0.4 is 5.73 Å². The van der Waals surface area contributed by atoms with Crippen LogP contribution in [0.4, 0.5) is 0 Å². The highest BCUT2D eigenvalue weighted by Crippen LogP contribution is 2.21. The lowest BCUT2D eigenvalue weighted by molar-refractivity contribution is 1.01. The molecule has 3 heteroatoms. The summed E-state index contributed by atoms with van der Waals surface area (Å²) >= 11 is 5.80. The maximum absolute atomic E-state index is 5.80. The summed E-state index contributed by atoms with van der Waals surface area (Å²) in [5.41, 5.74) is 8.83. The van der Waals surface area contributed by atoms with Crippen molar-refractivity contribution in [1.29, 1.82) is 0 Å². The van der Waals surface area contributed by atoms with Crippen molar-refractivity contribution in [1.82, 2.24) is 4.98 Å². The van der Waals surface area contributed by atoms with Gasteiger partial charge in [0.25, 0.3) is 0 Å². The average molecular weight is 207 g/mol. The van der Waals surface area contributed by atoms with Gasteiger partial charge in [-0.3, -0.25) is 0 Å². The molecular formula is C11H11ClN2. The van der Waals surface area contributed by atoms with Gasteiger partial charge in [-0.15, -0.1) is 0 Å². The maximum atomic E-state index is 5.80. The minimum atomic E-state index is 0.535. The van der Waals surface area contributed by atoms with E-state index in [4.69, 9.17) is 17.3 Å². The molecule has 0 spiro atoms. The van der Waals surface area contributed by atoms with Crippen LogP contribution in [0.1, 0.15) is 5.69 Å². The van der Waals surface area contributed by atoms with Crippen LogP contribution in [0.25, 0.3) is 11.1 Å². The normalized spacial score (nSPS) is 10.4. The van der Waals surface area contributed by atoms with Crippen molar-refractivity contribution < 1.29 is 0 Å². The minimum Gasteiger partial charge on any atom is -0.363 e. The van der Waals surface area contributed by atoms with Gasteiger partial charge in [-0.25, -0.2) is 0 Å². The summed E-state index contributed by atoms with van der Waals surface area (Å²) in [5, 5.41) is 0.753. The Bertz CT molecular complexity index is 417. The van der Waals surface area contributed by atoms with Crippen molar-refractivity contribution in [2.45, 2.75) is 6.54 Å². The van der Waals surface area contributed by atoms with Crippen molar-refractivity contribution in [2.24, 2.45) is 5.73 Å². The SMILES string of the molecule is NCc1cc(-c2ccc(Cl)cc2)c[nH]1. The van der Waals surface area contributed by atoms with Crippen LogP contribution >= 0.6 is 11.6 Å². The summed E-state index contributed by atoms with van der Waals surface area (Å²) in [5.74, 6) is 0. The van der Waals surface area contributed by atoms with Crippen LogP contribution in [0.15, 0.2) is 36.5 Å². The van der Waals surface area contributed by atoms with Gasteiger partial charge in [0.2, 0.25) is 0 Å². The number of nitrogens with two attached hydrogens (primary N) is 1. The Labute approximate surface area is 87.7 Å². The summed E-state index contributed by atoms with van der Waals surface area (Å²) in [6.07, 6.45) is 1.95. The third-order valence-corrected chi connectivity index (χ3v) is 2.39. The maximum Gasteiger partial charge on any atom is 0.0406 e. The monoisotopic (exact) mass is 206 g/mol. The summed E-state index contributed by atoms with van der Waals surface area (Å²) < 4.78 is 0. The van der Waals surface area contributed by atoms with E-state index >= 15 is 0 Å². The van der Waals surface area contributed by atoms with Gasteiger partial charge in [0.05, 0.1) is 0 Å². The molecule has 0 amide bonds. The third kappa shape index (κ3) is 1.81. The summed E-state index contributed by atoms with van der Waals surface area (Å²) in [4.78, 5) is 3.11. The van der Waals surface area contributed by atoms with E-state index in [2.05, 4.69) is 4.98 Å². The highest BCUT2D eigenvalue weighted by atomic mass is 35.5. The number of aromatic amines is 1. The van der Waals surface area contributed by atoms with Crippen LogP contribution in [-0.4, -0.2) is 4.98 Å². The molecule has 0 fully saturated rings. The number of hydrogen-bond acceptors (Lipinski definition) is 1. The zero-order valence-corrected chi connectivity index (χ0v) is 8.38. The van der Waals surface area contributed by atoms with E-state index in [0.29, 0.717) is 6.54 Å². The lowest BCUT2D eigenvalue weighted by Crippen LogP contribution is -1.94. The number of H-pyrrole nitrogens is 1. The van der Waals surface area contributed by atoms with Crippen molar-refractivity contribution >= 4 is 11.6 Å². The molecule has 0 aliphatic heterocycles. The van der Waals surface area contributed by atoms with Gasteiger partial charge in [0.1, 0.15) is 0 Å². The predicted octanol–water partition coefficient (Wildman–Crippen LogP) is 2.79. The Morgan fingerprint density at radius 2 is 1.86 bits per heavy atom. The number of halogens is 1. The first-order valence-electron chi connectivity index (χ1n) is 4.43. The van der Waals surface area contributed by atoms with Crippen molar-refractivity contribution in [3.63, 3.8) is 0 Å². The first-order valence-corrected chi connectivity index (χ1v) is 4.80. The molecule has 0 aliphatic carbocycles. The van der Waals surface area contributed by atoms with Crippen molar-refractivity contribution in [2.75, 3.05) is 0 Å². The Morgan fingerprint density at radius 1 is 1.14 bits per heavy atom. The fourth-order valence-corrected chi connectivity index (χ4v) is 1.49. The quantitative estimate of drug-likeness (QED) is 0.780. The van der Waals surface area contributed by atoms with Crippen LogP contribution in [0.2, 0.25) is 5.02 Å². The van der Waals surface area contributed by atoms with Crippen LogP contribution in [0.5, 0.6) is 0 Å². The second kappa shape index (κ2) is 3.86. The molecule has 72 valence electrons. The van der Waals surface area contributed by atoms with E-state index < -0.39 is 0 Å². The summed E-state index contributed by atoms with van der Waals surface area (Å²) in [6.45, 7) is 0.535. The molecular weight excluding hydrogens is 196 g/mol. The summed E-state index contributed by atoms with van der Waals surface area (Å²) in [6, 6.07) is 9.79. The fourth-order valence-electron chi connectivity index (χ4n) is 1.37. The molecule has 1 heterocycles. The van der Waals surface area contributed by atoms with E-state index in [9.17, 15) is 0 Å². The third-order valence-electron chi connectivity index (χ3n) is 2.14. The zero-order valence-electron chi connectivity index (χ0n) is 7.63. The molecule has 3 N–H and O–H groups in total. The number of benzene rings is 1. The van der Waals surface area contributed by atoms with Crippen molar-refractivity contribution in [3.8, 4) is 11.1 Å². The molecule has 2 rings (SSSR count). The van der Waals surface area contributed by atoms with Gasteiger partial charge in [0.15, 0.2) is 0 Å². The van der Waals surface area contributed by atoms with Gasteiger partial charge in [-0.1, -0.05) is 23.7 Å². The smallest absolute Gasteiger partial charge is 0.0406 e. The van der Waals surface area contributed by atoms with Crippen LogP contribution in [0, 0.1) is 0 Å². The van der Waals surface area contributed by atoms with Gasteiger partial charge >= 0.3 is 0 Å².